The third-order valence-corrected chi connectivity index (χ3v) is 3.08. The number of carbonyl (C=O) groups is 2. The van der Waals surface area contributed by atoms with Crippen molar-refractivity contribution >= 4 is 17.6 Å². The molecule has 0 aliphatic carbocycles. The summed E-state index contributed by atoms with van der Waals surface area (Å²) in [7, 11) is 0. The SMILES string of the molecule is Cc1ccc(OC(=O)CCC(=O)Nc2cccc(C#N)c2)cc1. The summed E-state index contributed by atoms with van der Waals surface area (Å²) in [6.45, 7) is 1.94. The average Bonchev–Trinajstić information content (AvgIpc) is 2.55. The number of esters is 1. The first-order chi connectivity index (χ1) is 11.1. The van der Waals surface area contributed by atoms with Gasteiger partial charge in [0, 0.05) is 12.1 Å². The number of nitriles is 1. The van der Waals surface area contributed by atoms with E-state index in [1.54, 1.807) is 36.4 Å². The Morgan fingerprint density at radius 3 is 2.57 bits per heavy atom. The summed E-state index contributed by atoms with van der Waals surface area (Å²) in [5, 5.41) is 11.5. The zero-order valence-corrected chi connectivity index (χ0v) is 12.7. The second-order valence-corrected chi connectivity index (χ2v) is 5.03. The summed E-state index contributed by atoms with van der Waals surface area (Å²) in [6, 6.07) is 15.7. The fraction of sp³-hybridized carbons (Fsp3) is 0.167. The van der Waals surface area contributed by atoms with Crippen LogP contribution in [0.1, 0.15) is 24.0 Å². The van der Waals surface area contributed by atoms with Crippen LogP contribution in [0.2, 0.25) is 0 Å². The summed E-state index contributed by atoms with van der Waals surface area (Å²) in [5.41, 5.74) is 2.06. The lowest BCUT2D eigenvalue weighted by Gasteiger charge is -2.06. The van der Waals surface area contributed by atoms with Crippen LogP contribution in [0.15, 0.2) is 48.5 Å². The van der Waals surface area contributed by atoms with Crippen LogP contribution < -0.4 is 10.1 Å². The molecule has 5 nitrogen and oxygen atoms in total. The molecule has 0 aliphatic heterocycles. The molecule has 116 valence electrons. The molecular formula is C18H16N2O3. The minimum atomic E-state index is -0.463. The van der Waals surface area contributed by atoms with E-state index in [1.165, 1.54) is 0 Å². The number of benzene rings is 2. The first-order valence-corrected chi connectivity index (χ1v) is 7.14. The largest absolute Gasteiger partial charge is 0.427 e. The van der Waals surface area contributed by atoms with Crippen molar-refractivity contribution in [3.63, 3.8) is 0 Å². The maximum absolute atomic E-state index is 11.8. The first-order valence-electron chi connectivity index (χ1n) is 7.14. The lowest BCUT2D eigenvalue weighted by atomic mass is 10.2. The molecule has 23 heavy (non-hydrogen) atoms. The van der Waals surface area contributed by atoms with Gasteiger partial charge in [-0.25, -0.2) is 0 Å². The summed E-state index contributed by atoms with van der Waals surface area (Å²) in [6.07, 6.45) is -0.000867. The van der Waals surface area contributed by atoms with Gasteiger partial charge in [-0.2, -0.15) is 5.26 Å². The molecule has 0 saturated heterocycles. The van der Waals surface area contributed by atoms with E-state index < -0.39 is 5.97 Å². The van der Waals surface area contributed by atoms with Crippen molar-refractivity contribution in [3.05, 3.63) is 59.7 Å². The molecule has 2 rings (SSSR count). The minimum Gasteiger partial charge on any atom is -0.427 e. The quantitative estimate of drug-likeness (QED) is 0.679. The molecule has 2 aromatic rings. The number of anilines is 1. The van der Waals surface area contributed by atoms with Crippen LogP contribution in [0.4, 0.5) is 5.69 Å². The number of nitrogens with one attached hydrogen (secondary N) is 1. The highest BCUT2D eigenvalue weighted by atomic mass is 16.5. The number of ether oxygens (including phenoxy) is 1. The van der Waals surface area contributed by atoms with Crippen molar-refractivity contribution < 1.29 is 14.3 Å². The van der Waals surface area contributed by atoms with Gasteiger partial charge in [-0.3, -0.25) is 9.59 Å². The van der Waals surface area contributed by atoms with Crippen molar-refractivity contribution in [1.82, 2.24) is 0 Å². The Morgan fingerprint density at radius 1 is 1.13 bits per heavy atom. The Kier molecular flexibility index (Phi) is 5.48. The standard InChI is InChI=1S/C18H16N2O3/c1-13-5-7-16(8-6-13)23-18(22)10-9-17(21)20-15-4-2-3-14(11-15)12-19/h2-8,11H,9-10H2,1H3,(H,20,21). The van der Waals surface area contributed by atoms with E-state index in [4.69, 9.17) is 10.00 Å². The zero-order chi connectivity index (χ0) is 16.7. The maximum atomic E-state index is 11.8. The third-order valence-electron chi connectivity index (χ3n) is 3.08. The average molecular weight is 308 g/mol. The van der Waals surface area contributed by atoms with Gasteiger partial charge >= 0.3 is 5.97 Å². The molecule has 0 atom stereocenters. The molecule has 0 radical (unpaired) electrons. The molecule has 2 aromatic carbocycles. The van der Waals surface area contributed by atoms with E-state index in [0.29, 0.717) is 17.0 Å². The van der Waals surface area contributed by atoms with Crippen LogP contribution in [0.5, 0.6) is 5.75 Å². The highest BCUT2D eigenvalue weighted by Gasteiger charge is 2.09. The van der Waals surface area contributed by atoms with E-state index in [-0.39, 0.29) is 18.7 Å². The van der Waals surface area contributed by atoms with Crippen molar-refractivity contribution in [2.24, 2.45) is 0 Å². The topological polar surface area (TPSA) is 79.2 Å². The second kappa shape index (κ2) is 7.76. The molecule has 0 fully saturated rings. The van der Waals surface area contributed by atoms with Gasteiger partial charge in [-0.1, -0.05) is 23.8 Å². The second-order valence-electron chi connectivity index (χ2n) is 5.03. The highest BCUT2D eigenvalue weighted by Crippen LogP contribution is 2.13. The fourth-order valence-corrected chi connectivity index (χ4v) is 1.89. The van der Waals surface area contributed by atoms with Crippen LogP contribution in [-0.2, 0) is 9.59 Å². The van der Waals surface area contributed by atoms with Gasteiger partial charge in [0.2, 0.25) is 5.91 Å². The number of hydrogen-bond acceptors (Lipinski definition) is 4. The molecule has 0 aliphatic rings. The van der Waals surface area contributed by atoms with E-state index in [9.17, 15) is 9.59 Å². The predicted octanol–water partition coefficient (Wildman–Crippen LogP) is 3.19. The number of rotatable bonds is 5. The van der Waals surface area contributed by atoms with Crippen LogP contribution >= 0.6 is 0 Å². The molecule has 1 amide bonds. The van der Waals surface area contributed by atoms with Gasteiger partial charge in [-0.05, 0) is 37.3 Å². The number of carbonyl (C=O) groups excluding carboxylic acids is 2. The smallest absolute Gasteiger partial charge is 0.311 e. The number of hydrogen-bond donors (Lipinski definition) is 1. The third kappa shape index (κ3) is 5.29. The Labute approximate surface area is 134 Å². The Balaban J connectivity index is 1.80. The molecule has 0 saturated carbocycles. The Hall–Kier alpha value is -3.13. The lowest BCUT2D eigenvalue weighted by molar-refractivity contribution is -0.135. The molecule has 0 unspecified atom stereocenters. The first kappa shape index (κ1) is 16.2. The molecule has 0 aromatic heterocycles. The van der Waals surface area contributed by atoms with E-state index in [0.717, 1.165) is 5.56 Å². The summed E-state index contributed by atoms with van der Waals surface area (Å²) in [4.78, 5) is 23.5. The van der Waals surface area contributed by atoms with E-state index >= 15 is 0 Å². The van der Waals surface area contributed by atoms with Crippen molar-refractivity contribution in [3.8, 4) is 11.8 Å². The lowest BCUT2D eigenvalue weighted by Crippen LogP contribution is -2.16. The monoisotopic (exact) mass is 308 g/mol. The minimum absolute atomic E-state index is 0.0154. The van der Waals surface area contributed by atoms with Crippen LogP contribution in [-0.4, -0.2) is 11.9 Å². The van der Waals surface area contributed by atoms with Gasteiger partial charge in [0.05, 0.1) is 18.1 Å². The molecule has 0 heterocycles. The van der Waals surface area contributed by atoms with Gasteiger partial charge < -0.3 is 10.1 Å². The fourth-order valence-electron chi connectivity index (χ4n) is 1.89. The summed E-state index contributed by atoms with van der Waals surface area (Å²) >= 11 is 0. The van der Waals surface area contributed by atoms with Gasteiger partial charge in [0.1, 0.15) is 5.75 Å². The molecule has 1 N–H and O–H groups in total. The predicted molar refractivity (Wildman–Crippen MR) is 85.8 cm³/mol. The van der Waals surface area contributed by atoms with Crippen molar-refractivity contribution in [2.75, 3.05) is 5.32 Å². The van der Waals surface area contributed by atoms with E-state index in [2.05, 4.69) is 5.32 Å². The van der Waals surface area contributed by atoms with Crippen LogP contribution in [0, 0.1) is 18.3 Å². The van der Waals surface area contributed by atoms with Gasteiger partial charge in [0.25, 0.3) is 0 Å². The summed E-state index contributed by atoms with van der Waals surface area (Å²) < 4.78 is 5.14. The summed E-state index contributed by atoms with van der Waals surface area (Å²) in [5.74, 6) is -0.307. The van der Waals surface area contributed by atoms with Gasteiger partial charge in [-0.15, -0.1) is 0 Å². The van der Waals surface area contributed by atoms with Crippen molar-refractivity contribution in [1.29, 1.82) is 5.26 Å². The number of aryl methyl sites for hydroxylation is 1. The zero-order valence-electron chi connectivity index (χ0n) is 12.7. The Bertz CT molecular complexity index is 746. The Morgan fingerprint density at radius 2 is 1.87 bits per heavy atom. The van der Waals surface area contributed by atoms with E-state index in [1.807, 2.05) is 25.1 Å². The number of nitrogens with zero attached hydrogens (tertiary/aromatic N) is 1. The van der Waals surface area contributed by atoms with Crippen molar-refractivity contribution in [2.45, 2.75) is 19.8 Å². The highest BCUT2D eigenvalue weighted by molar-refractivity contribution is 5.92. The molecule has 0 bridgehead atoms. The number of amides is 1. The molecular weight excluding hydrogens is 292 g/mol. The molecule has 5 heteroatoms. The van der Waals surface area contributed by atoms with Crippen LogP contribution in [0.25, 0.3) is 0 Å². The maximum Gasteiger partial charge on any atom is 0.311 e. The molecule has 0 spiro atoms. The normalized spacial score (nSPS) is 9.74. The van der Waals surface area contributed by atoms with Gasteiger partial charge in [0.15, 0.2) is 0 Å². The van der Waals surface area contributed by atoms with Crippen LogP contribution in [0.3, 0.4) is 0 Å².